The molecule has 3 aromatic rings. The van der Waals surface area contributed by atoms with Gasteiger partial charge in [0, 0.05) is 67.2 Å². The van der Waals surface area contributed by atoms with Crippen LogP contribution >= 0.6 is 0 Å². The number of hydrogen-bond acceptors (Lipinski definition) is 7. The SMILES string of the molecule is CC(C)(C)OC(=O)N1CCC(Nc2ccc3c(c2)Cc2cccc(-c4cc(N5CCOCC5)cc(=O)[nH]4)c2O3)CC1. The van der Waals surface area contributed by atoms with Crippen molar-refractivity contribution in [1.82, 2.24) is 9.88 Å². The largest absolute Gasteiger partial charge is 0.456 e. The number of rotatable bonds is 4. The molecule has 0 radical (unpaired) electrons. The van der Waals surface area contributed by atoms with E-state index in [0.29, 0.717) is 26.3 Å². The molecule has 0 aliphatic carbocycles. The Morgan fingerprint density at radius 1 is 1.00 bits per heavy atom. The quantitative estimate of drug-likeness (QED) is 0.347. The summed E-state index contributed by atoms with van der Waals surface area (Å²) in [5.41, 5.74) is 5.14. The molecule has 2 aromatic carbocycles. The molecule has 0 saturated carbocycles. The molecular weight excluding hydrogens is 520 g/mol. The lowest BCUT2D eigenvalue weighted by atomic mass is 9.96. The first kappa shape index (κ1) is 27.2. The zero-order valence-corrected chi connectivity index (χ0v) is 24.0. The van der Waals surface area contributed by atoms with E-state index in [2.05, 4.69) is 27.3 Å². The number of ether oxygens (including phenoxy) is 3. The van der Waals surface area contributed by atoms with Gasteiger partial charge in [-0.3, -0.25) is 4.79 Å². The van der Waals surface area contributed by atoms with Crippen LogP contribution in [0, 0.1) is 0 Å². The average molecular weight is 559 g/mol. The predicted octanol–water partition coefficient (Wildman–Crippen LogP) is 5.39. The number of hydrogen-bond donors (Lipinski definition) is 2. The summed E-state index contributed by atoms with van der Waals surface area (Å²) < 4.78 is 17.5. The maximum atomic E-state index is 12.6. The molecule has 41 heavy (non-hydrogen) atoms. The highest BCUT2D eigenvalue weighted by molar-refractivity contribution is 5.74. The second-order valence-electron chi connectivity index (χ2n) is 12.0. The lowest BCUT2D eigenvalue weighted by Gasteiger charge is -2.34. The Kier molecular flexibility index (Phi) is 7.38. The third kappa shape index (κ3) is 6.20. The lowest BCUT2D eigenvalue weighted by Crippen LogP contribution is -2.44. The molecule has 6 rings (SSSR count). The molecule has 4 heterocycles. The maximum Gasteiger partial charge on any atom is 0.410 e. The predicted molar refractivity (Wildman–Crippen MR) is 159 cm³/mol. The molecule has 0 unspecified atom stereocenters. The van der Waals surface area contributed by atoms with E-state index in [4.69, 9.17) is 14.2 Å². The number of likely N-dealkylation sites (tertiary alicyclic amines) is 1. The van der Waals surface area contributed by atoms with Crippen LogP contribution in [0.4, 0.5) is 16.2 Å². The van der Waals surface area contributed by atoms with E-state index in [0.717, 1.165) is 77.6 Å². The second kappa shape index (κ2) is 11.1. The monoisotopic (exact) mass is 558 g/mol. The van der Waals surface area contributed by atoms with E-state index in [1.165, 1.54) is 0 Å². The van der Waals surface area contributed by atoms with Gasteiger partial charge < -0.3 is 34.3 Å². The molecule has 1 aromatic heterocycles. The topological polar surface area (TPSA) is 96.1 Å². The van der Waals surface area contributed by atoms with E-state index in [1.807, 2.05) is 51.1 Å². The highest BCUT2D eigenvalue weighted by atomic mass is 16.6. The first-order valence-electron chi connectivity index (χ1n) is 14.5. The molecule has 9 heteroatoms. The fourth-order valence-corrected chi connectivity index (χ4v) is 5.73. The van der Waals surface area contributed by atoms with Gasteiger partial charge in [-0.25, -0.2) is 4.79 Å². The zero-order valence-electron chi connectivity index (χ0n) is 24.0. The summed E-state index contributed by atoms with van der Waals surface area (Å²) in [4.78, 5) is 32.0. The smallest absolute Gasteiger partial charge is 0.410 e. The van der Waals surface area contributed by atoms with Gasteiger partial charge in [0.05, 0.1) is 18.9 Å². The Morgan fingerprint density at radius 2 is 1.78 bits per heavy atom. The van der Waals surface area contributed by atoms with Crippen LogP contribution in [-0.4, -0.2) is 67.0 Å². The number of amides is 1. The molecule has 0 spiro atoms. The average Bonchev–Trinajstić information content (AvgIpc) is 2.95. The Labute approximate surface area is 240 Å². The molecular formula is C32H38N4O5. The molecule has 0 atom stereocenters. The third-order valence-corrected chi connectivity index (χ3v) is 7.76. The van der Waals surface area contributed by atoms with E-state index in [-0.39, 0.29) is 17.7 Å². The maximum absolute atomic E-state index is 12.6. The number of morpholine rings is 1. The van der Waals surface area contributed by atoms with Crippen molar-refractivity contribution >= 4 is 17.5 Å². The molecule has 9 nitrogen and oxygen atoms in total. The minimum Gasteiger partial charge on any atom is -0.456 e. The van der Waals surface area contributed by atoms with Gasteiger partial charge in [0.2, 0.25) is 5.56 Å². The van der Waals surface area contributed by atoms with Crippen LogP contribution in [-0.2, 0) is 15.9 Å². The number of benzene rings is 2. The number of aromatic nitrogens is 1. The van der Waals surface area contributed by atoms with Crippen molar-refractivity contribution in [2.24, 2.45) is 0 Å². The van der Waals surface area contributed by atoms with Gasteiger partial charge in [-0.05, 0) is 69.5 Å². The molecule has 2 N–H and O–H groups in total. The van der Waals surface area contributed by atoms with Gasteiger partial charge in [-0.2, -0.15) is 0 Å². The van der Waals surface area contributed by atoms with Crippen molar-refractivity contribution in [3.8, 4) is 22.8 Å². The van der Waals surface area contributed by atoms with Gasteiger partial charge in [-0.15, -0.1) is 0 Å². The number of para-hydroxylation sites is 1. The fourth-order valence-electron chi connectivity index (χ4n) is 5.73. The van der Waals surface area contributed by atoms with Crippen molar-refractivity contribution in [3.05, 3.63) is 70.0 Å². The Morgan fingerprint density at radius 3 is 2.54 bits per heavy atom. The number of nitrogens with one attached hydrogen (secondary N) is 2. The van der Waals surface area contributed by atoms with Crippen molar-refractivity contribution in [3.63, 3.8) is 0 Å². The number of carbonyl (C=O) groups excluding carboxylic acids is 1. The van der Waals surface area contributed by atoms with Crippen molar-refractivity contribution in [1.29, 1.82) is 0 Å². The summed E-state index contributed by atoms with van der Waals surface area (Å²) >= 11 is 0. The molecule has 0 bridgehead atoms. The van der Waals surface area contributed by atoms with Crippen LogP contribution in [0.2, 0.25) is 0 Å². The summed E-state index contributed by atoms with van der Waals surface area (Å²) in [6.45, 7) is 9.86. The molecule has 3 aliphatic rings. The van der Waals surface area contributed by atoms with Crippen LogP contribution < -0.4 is 20.5 Å². The van der Waals surface area contributed by atoms with Crippen LogP contribution in [0.25, 0.3) is 11.3 Å². The summed E-state index contributed by atoms with van der Waals surface area (Å²) in [5, 5.41) is 3.66. The number of anilines is 2. The van der Waals surface area contributed by atoms with Gasteiger partial charge in [0.25, 0.3) is 0 Å². The van der Waals surface area contributed by atoms with Gasteiger partial charge in [0.1, 0.15) is 17.1 Å². The first-order chi connectivity index (χ1) is 19.7. The second-order valence-corrected chi connectivity index (χ2v) is 12.0. The zero-order chi connectivity index (χ0) is 28.6. The minimum atomic E-state index is -0.485. The third-order valence-electron chi connectivity index (χ3n) is 7.76. The van der Waals surface area contributed by atoms with Crippen molar-refractivity contribution in [2.45, 2.75) is 51.7 Å². The van der Waals surface area contributed by atoms with E-state index in [1.54, 1.807) is 11.0 Å². The number of pyridine rings is 1. The first-order valence-corrected chi connectivity index (χ1v) is 14.5. The molecule has 216 valence electrons. The van der Waals surface area contributed by atoms with E-state index in [9.17, 15) is 9.59 Å². The van der Waals surface area contributed by atoms with Crippen LogP contribution in [0.1, 0.15) is 44.7 Å². The highest BCUT2D eigenvalue weighted by Gasteiger charge is 2.27. The van der Waals surface area contributed by atoms with E-state index >= 15 is 0 Å². The van der Waals surface area contributed by atoms with Crippen LogP contribution in [0.15, 0.2) is 53.3 Å². The number of piperidine rings is 1. The highest BCUT2D eigenvalue weighted by Crippen LogP contribution is 2.43. The van der Waals surface area contributed by atoms with Gasteiger partial charge in [0.15, 0.2) is 0 Å². The normalized spacial score (nSPS) is 17.3. The van der Waals surface area contributed by atoms with Crippen molar-refractivity contribution in [2.75, 3.05) is 49.6 Å². The summed E-state index contributed by atoms with van der Waals surface area (Å²) in [6.07, 6.45) is 2.22. The molecule has 2 fully saturated rings. The number of aromatic amines is 1. The Hall–Kier alpha value is -3.98. The fraction of sp³-hybridized carbons (Fsp3) is 0.438. The number of H-pyrrole nitrogens is 1. The van der Waals surface area contributed by atoms with Crippen molar-refractivity contribution < 1.29 is 19.0 Å². The molecule has 1 amide bonds. The number of carbonyl (C=O) groups is 1. The number of fused-ring (bicyclic) bond motifs is 2. The molecule has 3 aliphatic heterocycles. The lowest BCUT2D eigenvalue weighted by molar-refractivity contribution is 0.0210. The van der Waals surface area contributed by atoms with Crippen LogP contribution in [0.3, 0.4) is 0 Å². The van der Waals surface area contributed by atoms with E-state index < -0.39 is 5.60 Å². The summed E-state index contributed by atoms with van der Waals surface area (Å²) in [5.74, 6) is 1.60. The van der Waals surface area contributed by atoms with Gasteiger partial charge >= 0.3 is 6.09 Å². The van der Waals surface area contributed by atoms with Crippen LogP contribution in [0.5, 0.6) is 11.5 Å². The summed E-state index contributed by atoms with van der Waals surface area (Å²) in [6, 6.07) is 16.3. The Balaban J connectivity index is 1.15. The Bertz CT molecular complexity index is 1480. The minimum absolute atomic E-state index is 0.134. The number of nitrogens with zero attached hydrogens (tertiary/aromatic N) is 2. The standard InChI is InChI=1S/C32H38N4O5/c1-32(2,3)41-31(38)36-11-9-23(10-12-36)33-24-7-8-28-22(18-24)17-21-5-4-6-26(30(21)40-28)27-19-25(20-29(37)34-27)35-13-15-39-16-14-35/h4-8,18-20,23,33H,9-17H2,1-3H3,(H,34,37). The molecule has 2 saturated heterocycles. The van der Waals surface area contributed by atoms with Gasteiger partial charge in [-0.1, -0.05) is 12.1 Å². The summed E-state index contributed by atoms with van der Waals surface area (Å²) in [7, 11) is 0.